The van der Waals surface area contributed by atoms with Crippen LogP contribution in [0.4, 0.5) is 0 Å². The number of H-pyrrole nitrogens is 1. The van der Waals surface area contributed by atoms with Crippen LogP contribution in [0.25, 0.3) is 21.5 Å². The zero-order chi connectivity index (χ0) is 18.4. The van der Waals surface area contributed by atoms with Crippen molar-refractivity contribution >= 4 is 28.1 Å². The van der Waals surface area contributed by atoms with Gasteiger partial charge in [0, 0.05) is 40.7 Å². The smallest absolute Gasteiger partial charge is 0.272 e. The van der Waals surface area contributed by atoms with E-state index in [1.807, 2.05) is 23.6 Å². The summed E-state index contributed by atoms with van der Waals surface area (Å²) in [6.07, 6.45) is 7.65. The van der Waals surface area contributed by atoms with Crippen molar-refractivity contribution in [2.24, 2.45) is 0 Å². The van der Waals surface area contributed by atoms with Gasteiger partial charge < -0.3 is 10.2 Å². The van der Waals surface area contributed by atoms with E-state index in [2.05, 4.69) is 32.4 Å². The topological polar surface area (TPSA) is 73.9 Å². The summed E-state index contributed by atoms with van der Waals surface area (Å²) in [7, 11) is 2.23. The molecule has 4 heterocycles. The van der Waals surface area contributed by atoms with Crippen LogP contribution in [0.15, 0.2) is 29.8 Å². The Balaban J connectivity index is 1.38. The molecule has 2 aliphatic heterocycles. The first-order chi connectivity index (χ1) is 13.2. The third-order valence-electron chi connectivity index (χ3n) is 6.13. The highest BCUT2D eigenvalue weighted by molar-refractivity contribution is 7.13. The van der Waals surface area contributed by atoms with E-state index in [1.54, 1.807) is 17.5 Å². The zero-order valence-electron chi connectivity index (χ0n) is 15.3. The van der Waals surface area contributed by atoms with E-state index in [9.17, 15) is 4.79 Å². The van der Waals surface area contributed by atoms with Crippen LogP contribution in [-0.2, 0) is 0 Å². The van der Waals surface area contributed by atoms with E-state index in [-0.39, 0.29) is 11.9 Å². The second-order valence-electron chi connectivity index (χ2n) is 7.72. The fraction of sp³-hybridized carbons (Fsp3) is 0.450. The summed E-state index contributed by atoms with van der Waals surface area (Å²) in [6.45, 7) is 0. The van der Waals surface area contributed by atoms with E-state index in [0.29, 0.717) is 17.8 Å². The summed E-state index contributed by atoms with van der Waals surface area (Å²) in [5, 5.41) is 14.3. The number of hydrogen-bond donors (Lipinski definition) is 2. The molecule has 140 valence electrons. The van der Waals surface area contributed by atoms with Gasteiger partial charge in [0.15, 0.2) is 5.69 Å². The summed E-state index contributed by atoms with van der Waals surface area (Å²) in [6, 6.07) is 7.41. The largest absolute Gasteiger partial charge is 0.348 e. The Kier molecular flexibility index (Phi) is 4.21. The van der Waals surface area contributed by atoms with Crippen LogP contribution < -0.4 is 5.32 Å². The summed E-state index contributed by atoms with van der Waals surface area (Å²) in [4.78, 5) is 19.8. The first kappa shape index (κ1) is 16.9. The molecule has 5 rings (SSSR count). The Labute approximate surface area is 162 Å². The van der Waals surface area contributed by atoms with Gasteiger partial charge in [-0.2, -0.15) is 5.10 Å². The van der Waals surface area contributed by atoms with E-state index in [1.165, 1.54) is 19.3 Å². The predicted molar refractivity (Wildman–Crippen MR) is 107 cm³/mol. The summed E-state index contributed by atoms with van der Waals surface area (Å²) >= 11 is 1.59. The molecular weight excluding hydrogens is 358 g/mol. The quantitative estimate of drug-likeness (QED) is 0.729. The van der Waals surface area contributed by atoms with Gasteiger partial charge in [-0.15, -0.1) is 11.3 Å². The number of piperidine rings is 2. The van der Waals surface area contributed by atoms with Gasteiger partial charge in [-0.25, -0.2) is 4.98 Å². The molecule has 1 amide bonds. The molecule has 3 aromatic rings. The van der Waals surface area contributed by atoms with Gasteiger partial charge >= 0.3 is 0 Å². The third kappa shape index (κ3) is 3.04. The molecule has 27 heavy (non-hydrogen) atoms. The van der Waals surface area contributed by atoms with Crippen LogP contribution in [0.3, 0.4) is 0 Å². The molecule has 0 aliphatic carbocycles. The number of benzene rings is 1. The maximum absolute atomic E-state index is 13.0. The highest BCUT2D eigenvalue weighted by Gasteiger charge is 2.36. The van der Waals surface area contributed by atoms with Crippen LogP contribution in [0, 0.1) is 0 Å². The maximum atomic E-state index is 13.0. The summed E-state index contributed by atoms with van der Waals surface area (Å²) < 4.78 is 0. The Morgan fingerprint density at radius 1 is 1.30 bits per heavy atom. The molecule has 6 nitrogen and oxygen atoms in total. The summed E-state index contributed by atoms with van der Waals surface area (Å²) in [5.41, 5.74) is 2.37. The molecule has 2 bridgehead atoms. The number of nitrogens with one attached hydrogen (secondary N) is 2. The Hall–Kier alpha value is -2.25. The van der Waals surface area contributed by atoms with Crippen molar-refractivity contribution < 1.29 is 4.79 Å². The molecule has 0 spiro atoms. The fourth-order valence-corrected chi connectivity index (χ4v) is 5.31. The Morgan fingerprint density at radius 3 is 2.85 bits per heavy atom. The average molecular weight is 382 g/mol. The van der Waals surface area contributed by atoms with Crippen LogP contribution in [0.2, 0.25) is 0 Å². The molecular formula is C20H23N5OS. The number of nitrogens with zero attached hydrogens (tertiary/aromatic N) is 3. The first-order valence-electron chi connectivity index (χ1n) is 9.60. The van der Waals surface area contributed by atoms with Gasteiger partial charge in [0.05, 0.1) is 5.52 Å². The van der Waals surface area contributed by atoms with Crippen molar-refractivity contribution in [3.8, 4) is 10.6 Å². The van der Waals surface area contributed by atoms with E-state index < -0.39 is 0 Å². The molecule has 3 atom stereocenters. The number of amides is 1. The molecule has 2 saturated heterocycles. The third-order valence-corrected chi connectivity index (χ3v) is 6.95. The Morgan fingerprint density at radius 2 is 2.11 bits per heavy atom. The van der Waals surface area contributed by atoms with Crippen LogP contribution in [0.5, 0.6) is 0 Å². The predicted octanol–water partition coefficient (Wildman–Crippen LogP) is 3.43. The van der Waals surface area contributed by atoms with Gasteiger partial charge in [0.2, 0.25) is 0 Å². The Bertz CT molecular complexity index is 952. The van der Waals surface area contributed by atoms with Crippen molar-refractivity contribution in [1.82, 2.24) is 25.4 Å². The summed E-state index contributed by atoms with van der Waals surface area (Å²) in [5.74, 6) is -0.0786. The molecule has 1 aromatic carbocycles. The van der Waals surface area contributed by atoms with Crippen molar-refractivity contribution in [3.05, 3.63) is 35.5 Å². The molecule has 7 heteroatoms. The average Bonchev–Trinajstić information content (AvgIpc) is 3.31. The second kappa shape index (κ2) is 6.73. The monoisotopic (exact) mass is 381 g/mol. The normalized spacial score (nSPS) is 25.6. The number of aromatic nitrogens is 3. The van der Waals surface area contributed by atoms with Crippen LogP contribution >= 0.6 is 11.3 Å². The van der Waals surface area contributed by atoms with Crippen molar-refractivity contribution in [2.45, 2.75) is 50.2 Å². The maximum Gasteiger partial charge on any atom is 0.272 e. The number of fused-ring (bicyclic) bond motifs is 3. The highest BCUT2D eigenvalue weighted by Crippen LogP contribution is 2.33. The van der Waals surface area contributed by atoms with Crippen molar-refractivity contribution in [2.75, 3.05) is 7.05 Å². The van der Waals surface area contributed by atoms with E-state index in [4.69, 9.17) is 0 Å². The van der Waals surface area contributed by atoms with Gasteiger partial charge in [-0.1, -0.05) is 6.42 Å². The first-order valence-corrected chi connectivity index (χ1v) is 10.5. The standard InChI is InChI=1S/C20H23N5OS/c1-25-14-3-2-4-15(25)11-13(10-14)22-19(26)18-16-9-12(20-21-7-8-27-20)5-6-17(16)23-24-18/h5-9,13-15H,2-4,10-11H2,1H3,(H,22,26)(H,23,24)/t13-,14+,15-. The van der Waals surface area contributed by atoms with E-state index >= 15 is 0 Å². The highest BCUT2D eigenvalue weighted by atomic mass is 32.1. The molecule has 2 fully saturated rings. The number of thiazole rings is 1. The van der Waals surface area contributed by atoms with Gasteiger partial charge in [0.1, 0.15) is 5.01 Å². The number of rotatable bonds is 3. The lowest BCUT2D eigenvalue weighted by molar-refractivity contribution is 0.0462. The lowest BCUT2D eigenvalue weighted by atomic mass is 9.82. The molecule has 0 saturated carbocycles. The molecule has 0 unspecified atom stereocenters. The van der Waals surface area contributed by atoms with Crippen LogP contribution in [0.1, 0.15) is 42.6 Å². The lowest BCUT2D eigenvalue weighted by Gasteiger charge is -2.47. The number of aromatic amines is 1. The number of carbonyl (C=O) groups is 1. The molecule has 2 aromatic heterocycles. The lowest BCUT2D eigenvalue weighted by Crippen LogP contribution is -2.55. The minimum Gasteiger partial charge on any atom is -0.348 e. The minimum atomic E-state index is -0.0786. The minimum absolute atomic E-state index is 0.0786. The molecule has 0 radical (unpaired) electrons. The molecule has 2 aliphatic rings. The SMILES string of the molecule is CN1[C@@H]2CCC[C@H]1C[C@@H](NC(=O)c1n[nH]c3ccc(-c4nccs4)cc13)C2. The zero-order valence-corrected chi connectivity index (χ0v) is 16.1. The van der Waals surface area contributed by atoms with Crippen LogP contribution in [-0.4, -0.2) is 51.2 Å². The fourth-order valence-electron chi connectivity index (χ4n) is 4.67. The molecule has 2 N–H and O–H groups in total. The van der Waals surface area contributed by atoms with Crippen molar-refractivity contribution in [3.63, 3.8) is 0 Å². The van der Waals surface area contributed by atoms with Gasteiger partial charge in [-0.05, 0) is 50.9 Å². The number of hydrogen-bond acceptors (Lipinski definition) is 5. The number of carbonyl (C=O) groups excluding carboxylic acids is 1. The van der Waals surface area contributed by atoms with E-state index in [0.717, 1.165) is 34.3 Å². The second-order valence-corrected chi connectivity index (χ2v) is 8.61. The van der Waals surface area contributed by atoms with Gasteiger partial charge in [0.25, 0.3) is 5.91 Å². The van der Waals surface area contributed by atoms with Crippen molar-refractivity contribution in [1.29, 1.82) is 0 Å². The van der Waals surface area contributed by atoms with Gasteiger partial charge in [-0.3, -0.25) is 9.89 Å².